The highest BCUT2D eigenvalue weighted by atomic mass is 19.4. The van der Waals surface area contributed by atoms with Crippen molar-refractivity contribution < 1.29 is 13.2 Å². The molecule has 0 aliphatic rings. The molecule has 0 aliphatic heterocycles. The number of rotatable bonds is 5. The number of unbranched alkanes of at least 4 members (excludes halogenated alkanes) is 1. The van der Waals surface area contributed by atoms with Gasteiger partial charge >= 0.3 is 6.18 Å². The van der Waals surface area contributed by atoms with Gasteiger partial charge in [-0.25, -0.2) is 9.97 Å². The summed E-state index contributed by atoms with van der Waals surface area (Å²) in [5.74, 6) is 0.526. The zero-order valence-corrected chi connectivity index (χ0v) is 13.5. The van der Waals surface area contributed by atoms with Crippen LogP contribution in [0.25, 0.3) is 11.2 Å². The molecular weight excluding hydrogens is 333 g/mol. The fourth-order valence-corrected chi connectivity index (χ4v) is 2.46. The monoisotopic (exact) mass is 350 g/mol. The molecule has 6 nitrogen and oxygen atoms in total. The Morgan fingerprint density at radius 3 is 2.76 bits per heavy atom. The Bertz CT molecular complexity index is 887. The van der Waals surface area contributed by atoms with Gasteiger partial charge in [0, 0.05) is 12.2 Å². The van der Waals surface area contributed by atoms with Crippen LogP contribution in [0.2, 0.25) is 0 Å². The molecule has 0 aliphatic carbocycles. The molecule has 0 saturated heterocycles. The zero-order chi connectivity index (χ0) is 18.0. The molecular formula is C16H17F3N6. The summed E-state index contributed by atoms with van der Waals surface area (Å²) in [5, 5.41) is 2.95. The first-order chi connectivity index (χ1) is 11.9. The number of benzene rings is 1. The summed E-state index contributed by atoms with van der Waals surface area (Å²) in [5.41, 5.74) is 6.29. The van der Waals surface area contributed by atoms with E-state index in [9.17, 15) is 13.2 Å². The molecule has 2 aromatic heterocycles. The summed E-state index contributed by atoms with van der Waals surface area (Å²) in [4.78, 5) is 12.5. The lowest BCUT2D eigenvalue weighted by molar-refractivity contribution is -0.137. The quantitative estimate of drug-likeness (QED) is 0.728. The Morgan fingerprint density at radius 1 is 1.24 bits per heavy atom. The van der Waals surface area contributed by atoms with Crippen molar-refractivity contribution in [2.24, 2.45) is 0 Å². The first kappa shape index (κ1) is 17.0. The average Bonchev–Trinajstić information content (AvgIpc) is 2.89. The van der Waals surface area contributed by atoms with Gasteiger partial charge in [-0.1, -0.05) is 19.4 Å². The number of imidazole rings is 1. The lowest BCUT2D eigenvalue weighted by Crippen LogP contribution is -2.08. The number of aromatic nitrogens is 4. The standard InChI is InChI=1S/C16H17F3N6/c1-2-3-7-25-13-12(9-21-14(20)24-13)23-15(25)22-11-6-4-5-10(8-11)16(17,18)19/h4-6,8-9H,2-3,7H2,1H3,(H,22,23)(H2,20,21,24). The average molecular weight is 350 g/mol. The van der Waals surface area contributed by atoms with E-state index in [2.05, 4.69) is 20.3 Å². The smallest absolute Gasteiger partial charge is 0.368 e. The third-order valence-electron chi connectivity index (χ3n) is 3.69. The number of aryl methyl sites for hydroxylation is 1. The number of hydrogen-bond donors (Lipinski definition) is 2. The van der Waals surface area contributed by atoms with Crippen LogP contribution in [0.5, 0.6) is 0 Å². The maximum atomic E-state index is 12.9. The molecule has 0 unspecified atom stereocenters. The van der Waals surface area contributed by atoms with Gasteiger partial charge in [-0.2, -0.15) is 18.2 Å². The normalized spacial score (nSPS) is 11.8. The maximum absolute atomic E-state index is 12.9. The van der Waals surface area contributed by atoms with Gasteiger partial charge in [-0.3, -0.25) is 4.57 Å². The lowest BCUT2D eigenvalue weighted by Gasteiger charge is -2.12. The molecule has 0 fully saturated rings. The van der Waals surface area contributed by atoms with Crippen LogP contribution in [-0.2, 0) is 12.7 Å². The van der Waals surface area contributed by atoms with Crippen LogP contribution < -0.4 is 11.1 Å². The van der Waals surface area contributed by atoms with Gasteiger partial charge in [-0.15, -0.1) is 0 Å². The second-order valence-electron chi connectivity index (χ2n) is 5.58. The van der Waals surface area contributed by atoms with Crippen LogP contribution in [0.3, 0.4) is 0 Å². The van der Waals surface area contributed by atoms with Crippen molar-refractivity contribution in [3.63, 3.8) is 0 Å². The molecule has 25 heavy (non-hydrogen) atoms. The molecule has 0 atom stereocenters. The molecule has 9 heteroatoms. The van der Waals surface area contributed by atoms with E-state index in [4.69, 9.17) is 5.73 Å². The largest absolute Gasteiger partial charge is 0.416 e. The molecule has 0 radical (unpaired) electrons. The van der Waals surface area contributed by atoms with Crippen LogP contribution >= 0.6 is 0 Å². The molecule has 3 N–H and O–H groups in total. The van der Waals surface area contributed by atoms with E-state index in [1.165, 1.54) is 12.3 Å². The molecule has 0 bridgehead atoms. The molecule has 132 valence electrons. The Labute approximate surface area is 141 Å². The molecule has 3 rings (SSSR count). The van der Waals surface area contributed by atoms with Crippen molar-refractivity contribution >= 4 is 28.7 Å². The number of alkyl halides is 3. The number of nitrogens with two attached hydrogens (primary N) is 1. The number of hydrogen-bond acceptors (Lipinski definition) is 5. The van der Waals surface area contributed by atoms with Crippen LogP contribution in [0.15, 0.2) is 30.5 Å². The number of nitrogen functional groups attached to an aromatic ring is 1. The van der Waals surface area contributed by atoms with Crippen molar-refractivity contribution in [2.45, 2.75) is 32.5 Å². The topological polar surface area (TPSA) is 81.7 Å². The highest BCUT2D eigenvalue weighted by Crippen LogP contribution is 2.31. The van der Waals surface area contributed by atoms with Crippen LogP contribution in [-0.4, -0.2) is 19.5 Å². The highest BCUT2D eigenvalue weighted by Gasteiger charge is 2.30. The number of nitrogens with zero attached hydrogens (tertiary/aromatic N) is 4. The summed E-state index contributed by atoms with van der Waals surface area (Å²) in [6.45, 7) is 2.66. The number of fused-ring (bicyclic) bond motifs is 1. The fraction of sp³-hybridized carbons (Fsp3) is 0.312. The van der Waals surface area contributed by atoms with E-state index in [1.54, 1.807) is 10.6 Å². The van der Waals surface area contributed by atoms with Gasteiger partial charge in [0.05, 0.1) is 11.8 Å². The fourth-order valence-electron chi connectivity index (χ4n) is 2.46. The first-order valence-electron chi connectivity index (χ1n) is 7.81. The summed E-state index contributed by atoms with van der Waals surface area (Å²) in [6, 6.07) is 4.97. The highest BCUT2D eigenvalue weighted by molar-refractivity contribution is 5.76. The second-order valence-corrected chi connectivity index (χ2v) is 5.58. The predicted octanol–water partition coefficient (Wildman–Crippen LogP) is 3.97. The Hall–Kier alpha value is -2.84. The number of nitrogens with one attached hydrogen (secondary N) is 1. The molecule has 3 aromatic rings. The zero-order valence-electron chi connectivity index (χ0n) is 13.5. The molecule has 0 saturated carbocycles. The van der Waals surface area contributed by atoms with Gasteiger partial charge in [0.25, 0.3) is 0 Å². The van der Waals surface area contributed by atoms with Gasteiger partial charge in [-0.05, 0) is 24.6 Å². The van der Waals surface area contributed by atoms with Crippen molar-refractivity contribution in [1.82, 2.24) is 19.5 Å². The second kappa shape index (κ2) is 6.58. The molecule has 1 aromatic carbocycles. The van der Waals surface area contributed by atoms with E-state index in [1.807, 2.05) is 6.92 Å². The van der Waals surface area contributed by atoms with Gasteiger partial charge in [0.1, 0.15) is 5.52 Å². The van der Waals surface area contributed by atoms with E-state index in [0.29, 0.717) is 29.3 Å². The third-order valence-corrected chi connectivity index (χ3v) is 3.69. The predicted molar refractivity (Wildman–Crippen MR) is 89.4 cm³/mol. The Kier molecular flexibility index (Phi) is 4.47. The molecule has 2 heterocycles. The maximum Gasteiger partial charge on any atom is 0.416 e. The number of anilines is 3. The summed E-state index contributed by atoms with van der Waals surface area (Å²) >= 11 is 0. The van der Waals surface area contributed by atoms with E-state index in [0.717, 1.165) is 25.0 Å². The van der Waals surface area contributed by atoms with E-state index >= 15 is 0 Å². The van der Waals surface area contributed by atoms with Crippen molar-refractivity contribution in [2.75, 3.05) is 11.1 Å². The summed E-state index contributed by atoms with van der Waals surface area (Å²) in [6.07, 6.45) is -1.09. The minimum absolute atomic E-state index is 0.121. The van der Waals surface area contributed by atoms with Crippen LogP contribution in [0.1, 0.15) is 25.3 Å². The van der Waals surface area contributed by atoms with Gasteiger partial charge < -0.3 is 11.1 Å². The molecule has 0 spiro atoms. The SMILES string of the molecule is CCCCn1c(Nc2cccc(C(F)(F)F)c2)nc2cnc(N)nc21. The van der Waals surface area contributed by atoms with Crippen molar-refractivity contribution in [1.29, 1.82) is 0 Å². The molecule has 0 amide bonds. The van der Waals surface area contributed by atoms with Crippen LogP contribution in [0.4, 0.5) is 30.8 Å². The van der Waals surface area contributed by atoms with Crippen molar-refractivity contribution in [3.8, 4) is 0 Å². The Morgan fingerprint density at radius 2 is 2.04 bits per heavy atom. The number of halogens is 3. The van der Waals surface area contributed by atoms with Crippen LogP contribution in [0, 0.1) is 0 Å². The van der Waals surface area contributed by atoms with E-state index in [-0.39, 0.29) is 5.95 Å². The summed E-state index contributed by atoms with van der Waals surface area (Å²) < 4.78 is 40.5. The summed E-state index contributed by atoms with van der Waals surface area (Å²) in [7, 11) is 0. The lowest BCUT2D eigenvalue weighted by atomic mass is 10.2. The van der Waals surface area contributed by atoms with Gasteiger partial charge in [0.2, 0.25) is 11.9 Å². The van der Waals surface area contributed by atoms with E-state index < -0.39 is 11.7 Å². The van der Waals surface area contributed by atoms with Crippen molar-refractivity contribution in [3.05, 3.63) is 36.0 Å². The first-order valence-corrected chi connectivity index (χ1v) is 7.81. The minimum Gasteiger partial charge on any atom is -0.368 e. The Balaban J connectivity index is 2.00. The van der Waals surface area contributed by atoms with Gasteiger partial charge in [0.15, 0.2) is 5.65 Å². The third kappa shape index (κ3) is 3.65. The minimum atomic E-state index is -4.40.